The van der Waals surface area contributed by atoms with Crippen molar-refractivity contribution in [3.05, 3.63) is 59.4 Å². The lowest BCUT2D eigenvalue weighted by Gasteiger charge is -2.32. The number of likely N-dealkylation sites (tertiary alicyclic amines) is 1. The fraction of sp³-hybridized carbons (Fsp3) is 0.435. The zero-order valence-electron chi connectivity index (χ0n) is 17.9. The second-order valence-corrected chi connectivity index (χ2v) is 10.3. The summed E-state index contributed by atoms with van der Waals surface area (Å²) in [5.74, 6) is -3.03. The first-order chi connectivity index (χ1) is 14.8. The molecule has 1 aliphatic heterocycles. The summed E-state index contributed by atoms with van der Waals surface area (Å²) in [6.07, 6.45) is 1.21. The smallest absolute Gasteiger partial charge is 0.254 e. The molecule has 2 aromatic rings. The molecule has 2 N–H and O–H groups in total. The summed E-state index contributed by atoms with van der Waals surface area (Å²) in [4.78, 5) is 14.1. The average Bonchev–Trinajstić information content (AvgIpc) is 3.01. The Morgan fingerprint density at radius 3 is 2.33 bits per heavy atom. The van der Waals surface area contributed by atoms with E-state index in [0.29, 0.717) is 6.07 Å². The molecule has 1 aliphatic rings. The van der Waals surface area contributed by atoms with Crippen LogP contribution in [0.5, 0.6) is 0 Å². The van der Waals surface area contributed by atoms with Gasteiger partial charge in [-0.1, -0.05) is 25.6 Å². The van der Waals surface area contributed by atoms with Crippen molar-refractivity contribution in [2.24, 2.45) is 0 Å². The molecule has 0 aromatic heterocycles. The van der Waals surface area contributed by atoms with E-state index in [2.05, 4.69) is 4.72 Å². The summed E-state index contributed by atoms with van der Waals surface area (Å²) in [5.41, 5.74) is -1.55. The van der Waals surface area contributed by atoms with Gasteiger partial charge in [-0.2, -0.15) is 0 Å². The highest BCUT2D eigenvalue weighted by molar-refractivity contribution is 7.88. The van der Waals surface area contributed by atoms with Crippen molar-refractivity contribution in [1.29, 1.82) is 0 Å². The van der Waals surface area contributed by atoms with E-state index < -0.39 is 51.1 Å². The highest BCUT2D eigenvalue weighted by atomic mass is 32.2. The van der Waals surface area contributed by atoms with Crippen LogP contribution in [0.25, 0.3) is 11.1 Å². The molecular formula is C23H29F3N2O4S. The van der Waals surface area contributed by atoms with Gasteiger partial charge in [-0.3, -0.25) is 4.79 Å². The van der Waals surface area contributed by atoms with Crippen LogP contribution < -0.4 is 4.72 Å². The van der Waals surface area contributed by atoms with E-state index in [9.17, 15) is 27.1 Å². The van der Waals surface area contributed by atoms with E-state index in [4.69, 9.17) is 0 Å². The van der Waals surface area contributed by atoms with Crippen molar-refractivity contribution >= 4 is 15.9 Å². The zero-order valence-corrected chi connectivity index (χ0v) is 18.7. The van der Waals surface area contributed by atoms with E-state index in [1.807, 2.05) is 0 Å². The number of carbonyl (C=O) groups is 1. The Hall–Kier alpha value is -2.43. The van der Waals surface area contributed by atoms with Crippen molar-refractivity contribution in [1.82, 2.24) is 9.62 Å². The number of halogens is 3. The van der Waals surface area contributed by atoms with E-state index in [-0.39, 0.29) is 43.5 Å². The van der Waals surface area contributed by atoms with Crippen molar-refractivity contribution < 1.29 is 31.5 Å². The van der Waals surface area contributed by atoms with Gasteiger partial charge in [0.15, 0.2) is 0 Å². The first-order valence-electron chi connectivity index (χ1n) is 10.0. The van der Waals surface area contributed by atoms with Crippen LogP contribution in [0.2, 0.25) is 0 Å². The number of amides is 1. The Bertz CT molecular complexity index is 1110. The molecule has 1 amide bonds. The van der Waals surface area contributed by atoms with Crippen LogP contribution >= 0.6 is 0 Å². The maximum Gasteiger partial charge on any atom is 0.254 e. The molecule has 0 bridgehead atoms. The maximum absolute atomic E-state index is 15.4. The highest BCUT2D eigenvalue weighted by Crippen LogP contribution is 2.30. The summed E-state index contributed by atoms with van der Waals surface area (Å²) in [6, 6.07) is 5.63. The average molecular weight is 487 g/mol. The van der Waals surface area contributed by atoms with Crippen LogP contribution in [0.4, 0.5) is 13.2 Å². The molecule has 0 radical (unpaired) electrons. The fourth-order valence-electron chi connectivity index (χ4n) is 4.02. The number of benzene rings is 2. The molecule has 0 aliphatic carbocycles. The number of nitrogens with one attached hydrogen (secondary N) is 1. The van der Waals surface area contributed by atoms with Crippen molar-refractivity contribution in [2.45, 2.75) is 51.8 Å². The minimum absolute atomic E-state index is 0. The molecule has 1 heterocycles. The molecule has 2 atom stereocenters. The monoisotopic (exact) mass is 486 g/mol. The molecule has 33 heavy (non-hydrogen) atoms. The van der Waals surface area contributed by atoms with Crippen LogP contribution in [-0.4, -0.2) is 54.8 Å². The minimum Gasteiger partial charge on any atom is -0.381 e. The van der Waals surface area contributed by atoms with Gasteiger partial charge in [0, 0.05) is 24.2 Å². The summed E-state index contributed by atoms with van der Waals surface area (Å²) in [7, 11) is -3.62. The molecule has 6 nitrogen and oxygen atoms in total. The molecule has 1 fully saturated rings. The third kappa shape index (κ3) is 6.33. The lowest BCUT2D eigenvalue weighted by Crippen LogP contribution is -2.52. The molecule has 2 aromatic carbocycles. The molecule has 3 rings (SSSR count). The fourth-order valence-corrected chi connectivity index (χ4v) is 4.84. The second kappa shape index (κ2) is 9.82. The first-order valence-corrected chi connectivity index (χ1v) is 11.9. The second-order valence-electron chi connectivity index (χ2n) is 8.55. The Morgan fingerprint density at radius 2 is 1.79 bits per heavy atom. The summed E-state index contributed by atoms with van der Waals surface area (Å²) >= 11 is 0. The standard InChI is InChI=1S/C22H25F3N2O4S.CH4/c1-22(2,29)21(28)27-8-7-18(26-32(3,30)31)19(27)11-13-5-4-6-17(20(13)25)14-9-15(23)12-16(24)10-14;/h4-6,9-10,12,18-19,26,29H,7-8,11H2,1-3H3;1H4/t18-,19-;/m0./s1. The maximum atomic E-state index is 15.4. The number of hydrogen-bond donors (Lipinski definition) is 2. The van der Waals surface area contributed by atoms with E-state index in [1.54, 1.807) is 0 Å². The van der Waals surface area contributed by atoms with Crippen LogP contribution in [0.3, 0.4) is 0 Å². The molecule has 10 heteroatoms. The Morgan fingerprint density at radius 1 is 1.18 bits per heavy atom. The number of nitrogens with zero attached hydrogens (tertiary/aromatic N) is 1. The highest BCUT2D eigenvalue weighted by Gasteiger charge is 2.42. The van der Waals surface area contributed by atoms with Gasteiger partial charge in [0.25, 0.3) is 5.91 Å². The summed E-state index contributed by atoms with van der Waals surface area (Å²) in [5, 5.41) is 10.2. The topological polar surface area (TPSA) is 86.7 Å². The number of carbonyl (C=O) groups excluding carboxylic acids is 1. The van der Waals surface area contributed by atoms with Gasteiger partial charge >= 0.3 is 0 Å². The quantitative estimate of drug-likeness (QED) is 0.657. The zero-order chi connectivity index (χ0) is 23.8. The number of rotatable bonds is 6. The van der Waals surface area contributed by atoms with Crippen LogP contribution in [0.1, 0.15) is 33.3 Å². The predicted molar refractivity (Wildman–Crippen MR) is 120 cm³/mol. The first kappa shape index (κ1) is 26.8. The van der Waals surface area contributed by atoms with Crippen molar-refractivity contribution in [3.8, 4) is 11.1 Å². The third-order valence-corrected chi connectivity index (χ3v) is 6.11. The summed E-state index contributed by atoms with van der Waals surface area (Å²) in [6.45, 7) is 2.82. The van der Waals surface area contributed by atoms with E-state index in [0.717, 1.165) is 18.4 Å². The Labute approximate surface area is 192 Å². The largest absolute Gasteiger partial charge is 0.381 e. The van der Waals surface area contributed by atoms with Gasteiger partial charge in [0.2, 0.25) is 10.0 Å². The van der Waals surface area contributed by atoms with Gasteiger partial charge in [-0.05, 0) is 49.9 Å². The van der Waals surface area contributed by atoms with Gasteiger partial charge in [-0.15, -0.1) is 0 Å². The lowest BCUT2D eigenvalue weighted by atomic mass is 9.95. The van der Waals surface area contributed by atoms with Gasteiger partial charge in [-0.25, -0.2) is 26.3 Å². The number of aliphatic hydroxyl groups is 1. The molecular weight excluding hydrogens is 457 g/mol. The SMILES string of the molecule is C.CC(C)(O)C(=O)N1CC[C@H](NS(C)(=O)=O)[C@@H]1Cc1cccc(-c2cc(F)cc(F)c2)c1F. The number of hydrogen-bond acceptors (Lipinski definition) is 4. The van der Waals surface area contributed by atoms with Crippen molar-refractivity contribution in [3.63, 3.8) is 0 Å². The summed E-state index contributed by atoms with van der Waals surface area (Å²) < 4.78 is 68.8. The molecule has 0 unspecified atom stereocenters. The van der Waals surface area contributed by atoms with E-state index >= 15 is 4.39 Å². The van der Waals surface area contributed by atoms with Crippen molar-refractivity contribution in [2.75, 3.05) is 12.8 Å². The van der Waals surface area contributed by atoms with Gasteiger partial charge < -0.3 is 10.0 Å². The minimum atomic E-state index is -3.62. The predicted octanol–water partition coefficient (Wildman–Crippen LogP) is 3.24. The molecule has 1 saturated heterocycles. The number of sulfonamides is 1. The molecule has 0 saturated carbocycles. The van der Waals surface area contributed by atoms with Crippen LogP contribution in [0, 0.1) is 17.5 Å². The lowest BCUT2D eigenvalue weighted by molar-refractivity contribution is -0.148. The van der Waals surface area contributed by atoms with Gasteiger partial charge in [0.05, 0.1) is 12.3 Å². The van der Waals surface area contributed by atoms with Gasteiger partial charge in [0.1, 0.15) is 23.1 Å². The molecule has 0 spiro atoms. The Kier molecular flexibility index (Phi) is 7.98. The van der Waals surface area contributed by atoms with E-state index in [1.165, 1.54) is 36.9 Å². The van der Waals surface area contributed by atoms with Crippen LogP contribution in [0.15, 0.2) is 36.4 Å². The Balaban J connectivity index is 0.00000385. The molecule has 182 valence electrons. The third-order valence-electron chi connectivity index (χ3n) is 5.38. The normalized spacial score (nSPS) is 18.8. The van der Waals surface area contributed by atoms with Crippen LogP contribution in [-0.2, 0) is 21.2 Å².